The van der Waals surface area contributed by atoms with Crippen LogP contribution in [-0.2, 0) is 6.54 Å². The number of hydrogen-bond donors (Lipinski definition) is 3. The Labute approximate surface area is 221 Å². The molecule has 3 aliphatic rings. The smallest absolute Gasteiger partial charge is 0.319 e. The van der Waals surface area contributed by atoms with Crippen molar-refractivity contribution in [3.8, 4) is 22.8 Å². The number of anilines is 2. The minimum atomic E-state index is -0.248. The molecule has 1 aromatic carbocycles. The standard InChI is InChI=1S/C26H35N9O3/c1-33(2)17-8-10-34(11-9-17)12-13-35-25-20(24(27)28-14-29-25)21(32-35)18-6-7-19(23-22(18)37-15-38-23)31-26(36)30-16-4-3-5-16/h6-7,14,16-17H,3-5,8-13,15H2,1-2H3,(H2,27,28,29)(H2,30,31,36). The average Bonchev–Trinajstić information content (AvgIpc) is 3.52. The number of amides is 2. The Morgan fingerprint density at radius 2 is 1.89 bits per heavy atom. The lowest BCUT2D eigenvalue weighted by Gasteiger charge is -2.35. The van der Waals surface area contributed by atoms with Crippen LogP contribution in [0.4, 0.5) is 16.3 Å². The zero-order valence-electron chi connectivity index (χ0n) is 21.9. The summed E-state index contributed by atoms with van der Waals surface area (Å²) < 4.78 is 13.5. The van der Waals surface area contributed by atoms with E-state index >= 15 is 0 Å². The number of fused-ring (bicyclic) bond motifs is 2. The van der Waals surface area contributed by atoms with Crippen LogP contribution < -0.4 is 25.8 Å². The van der Waals surface area contributed by atoms with Crippen LogP contribution in [0.2, 0.25) is 0 Å². The van der Waals surface area contributed by atoms with Gasteiger partial charge in [0.1, 0.15) is 17.8 Å². The number of nitrogen functional groups attached to an aromatic ring is 1. The number of carbonyl (C=O) groups excluding carboxylic acids is 1. The third-order valence-electron chi connectivity index (χ3n) is 7.94. The third kappa shape index (κ3) is 4.69. The first kappa shape index (κ1) is 24.7. The SMILES string of the molecule is CN(C)C1CCN(CCn2nc(-c3ccc(NC(=O)NC4CCC4)c4c3OCO4)c3c(N)ncnc32)CC1. The molecule has 2 amide bonds. The van der Waals surface area contributed by atoms with E-state index in [2.05, 4.69) is 44.5 Å². The molecule has 38 heavy (non-hydrogen) atoms. The van der Waals surface area contributed by atoms with Gasteiger partial charge in [-0.05, 0) is 71.4 Å². The Bertz CT molecular complexity index is 1330. The first-order valence-electron chi connectivity index (χ1n) is 13.3. The van der Waals surface area contributed by atoms with E-state index in [0.717, 1.165) is 57.3 Å². The molecule has 4 heterocycles. The van der Waals surface area contributed by atoms with Crippen molar-refractivity contribution < 1.29 is 14.3 Å². The highest BCUT2D eigenvalue weighted by atomic mass is 16.7. The number of rotatable bonds is 7. The minimum absolute atomic E-state index is 0.0544. The van der Waals surface area contributed by atoms with Crippen molar-refractivity contribution in [3.63, 3.8) is 0 Å². The molecule has 6 rings (SSSR count). The molecule has 12 nitrogen and oxygen atoms in total. The maximum atomic E-state index is 12.5. The third-order valence-corrected chi connectivity index (χ3v) is 7.94. The molecule has 3 aromatic rings. The van der Waals surface area contributed by atoms with E-state index in [1.54, 1.807) is 0 Å². The zero-order valence-corrected chi connectivity index (χ0v) is 21.9. The Morgan fingerprint density at radius 3 is 2.63 bits per heavy atom. The van der Waals surface area contributed by atoms with Gasteiger partial charge in [-0.15, -0.1) is 0 Å². The van der Waals surface area contributed by atoms with Gasteiger partial charge in [-0.2, -0.15) is 5.10 Å². The number of nitrogens with one attached hydrogen (secondary N) is 2. The Morgan fingerprint density at radius 1 is 1.11 bits per heavy atom. The number of hydrogen-bond acceptors (Lipinski definition) is 9. The van der Waals surface area contributed by atoms with Gasteiger partial charge in [-0.1, -0.05) is 0 Å². The molecule has 202 valence electrons. The zero-order chi connectivity index (χ0) is 26.2. The average molecular weight is 522 g/mol. The number of ether oxygens (including phenoxy) is 2. The molecule has 0 bridgehead atoms. The number of nitrogens with zero attached hydrogens (tertiary/aromatic N) is 6. The van der Waals surface area contributed by atoms with E-state index in [-0.39, 0.29) is 18.9 Å². The second kappa shape index (κ2) is 10.3. The molecule has 4 N–H and O–H groups in total. The summed E-state index contributed by atoms with van der Waals surface area (Å²) in [6, 6.07) is 4.31. The predicted octanol–water partition coefficient (Wildman–Crippen LogP) is 2.50. The fourth-order valence-electron chi connectivity index (χ4n) is 5.45. The highest BCUT2D eigenvalue weighted by molar-refractivity contribution is 6.01. The monoisotopic (exact) mass is 521 g/mol. The summed E-state index contributed by atoms with van der Waals surface area (Å²) in [5.74, 6) is 1.36. The summed E-state index contributed by atoms with van der Waals surface area (Å²) in [7, 11) is 4.31. The highest BCUT2D eigenvalue weighted by Gasteiger charge is 2.29. The molecule has 2 aromatic heterocycles. The molecular weight excluding hydrogens is 486 g/mol. The van der Waals surface area contributed by atoms with Crippen LogP contribution in [0.1, 0.15) is 32.1 Å². The fraction of sp³-hybridized carbons (Fsp3) is 0.538. The van der Waals surface area contributed by atoms with E-state index in [1.165, 1.54) is 6.33 Å². The lowest BCUT2D eigenvalue weighted by Crippen LogP contribution is -2.42. The fourth-order valence-corrected chi connectivity index (χ4v) is 5.45. The van der Waals surface area contributed by atoms with E-state index in [1.807, 2.05) is 16.8 Å². The summed E-state index contributed by atoms with van der Waals surface area (Å²) in [5.41, 5.74) is 8.93. The molecule has 1 saturated carbocycles. The summed E-state index contributed by atoms with van der Waals surface area (Å²) in [5, 5.41) is 11.5. The first-order valence-corrected chi connectivity index (χ1v) is 13.3. The van der Waals surface area contributed by atoms with Crippen molar-refractivity contribution in [2.75, 3.05) is 51.6 Å². The Kier molecular flexibility index (Phi) is 6.66. The van der Waals surface area contributed by atoms with E-state index in [9.17, 15) is 4.79 Å². The Hall–Kier alpha value is -3.64. The van der Waals surface area contributed by atoms with E-state index in [4.69, 9.17) is 20.3 Å². The van der Waals surface area contributed by atoms with Crippen LogP contribution in [0.5, 0.6) is 11.5 Å². The van der Waals surface area contributed by atoms with Crippen molar-refractivity contribution in [1.29, 1.82) is 0 Å². The molecular formula is C26H35N9O3. The maximum absolute atomic E-state index is 12.5. The van der Waals surface area contributed by atoms with Crippen molar-refractivity contribution in [1.82, 2.24) is 34.9 Å². The van der Waals surface area contributed by atoms with Gasteiger partial charge in [-0.3, -0.25) is 0 Å². The number of likely N-dealkylation sites (tertiary alicyclic amines) is 1. The van der Waals surface area contributed by atoms with Gasteiger partial charge < -0.3 is 35.6 Å². The lowest BCUT2D eigenvalue weighted by atomic mass is 9.93. The van der Waals surface area contributed by atoms with Gasteiger partial charge in [0.2, 0.25) is 6.79 Å². The largest absolute Gasteiger partial charge is 0.453 e. The minimum Gasteiger partial charge on any atom is -0.453 e. The first-order chi connectivity index (χ1) is 18.5. The van der Waals surface area contributed by atoms with Crippen LogP contribution in [0, 0.1) is 0 Å². The molecule has 0 spiro atoms. The number of urea groups is 1. The molecule has 1 aliphatic carbocycles. The van der Waals surface area contributed by atoms with Crippen LogP contribution >= 0.6 is 0 Å². The maximum Gasteiger partial charge on any atom is 0.319 e. The van der Waals surface area contributed by atoms with Crippen LogP contribution in [0.3, 0.4) is 0 Å². The van der Waals surface area contributed by atoms with Crippen molar-refractivity contribution >= 4 is 28.6 Å². The lowest BCUT2D eigenvalue weighted by molar-refractivity contribution is 0.141. The van der Waals surface area contributed by atoms with Crippen molar-refractivity contribution in [3.05, 3.63) is 18.5 Å². The summed E-state index contributed by atoms with van der Waals surface area (Å²) >= 11 is 0. The van der Waals surface area contributed by atoms with Gasteiger partial charge in [0, 0.05) is 24.2 Å². The normalized spacial score (nSPS) is 18.2. The van der Waals surface area contributed by atoms with Gasteiger partial charge in [0.15, 0.2) is 17.1 Å². The van der Waals surface area contributed by atoms with Gasteiger partial charge >= 0.3 is 6.03 Å². The number of piperidine rings is 1. The number of nitrogens with two attached hydrogens (primary N) is 1. The number of benzene rings is 1. The Balaban J connectivity index is 1.26. The van der Waals surface area contributed by atoms with Crippen molar-refractivity contribution in [2.45, 2.75) is 50.7 Å². The quantitative estimate of drug-likeness (QED) is 0.428. The van der Waals surface area contributed by atoms with Gasteiger partial charge in [0.25, 0.3) is 0 Å². The second-order valence-electron chi connectivity index (χ2n) is 10.5. The number of carbonyl (C=O) groups is 1. The molecule has 0 atom stereocenters. The van der Waals surface area contributed by atoms with Crippen LogP contribution in [0.15, 0.2) is 18.5 Å². The predicted molar refractivity (Wildman–Crippen MR) is 144 cm³/mol. The molecule has 12 heteroatoms. The van der Waals surface area contributed by atoms with E-state index < -0.39 is 0 Å². The second-order valence-corrected chi connectivity index (χ2v) is 10.5. The summed E-state index contributed by atoms with van der Waals surface area (Å²) in [4.78, 5) is 26.0. The molecule has 0 radical (unpaired) electrons. The summed E-state index contributed by atoms with van der Waals surface area (Å²) in [6.45, 7) is 3.73. The highest BCUT2D eigenvalue weighted by Crippen LogP contribution is 2.47. The molecule has 1 saturated heterocycles. The topological polar surface area (TPSA) is 136 Å². The van der Waals surface area contributed by atoms with Gasteiger partial charge in [-0.25, -0.2) is 19.4 Å². The molecule has 2 fully saturated rings. The van der Waals surface area contributed by atoms with Crippen molar-refractivity contribution in [2.24, 2.45) is 0 Å². The summed E-state index contributed by atoms with van der Waals surface area (Å²) in [6.07, 6.45) is 6.97. The van der Waals surface area contributed by atoms with E-state index in [0.29, 0.717) is 52.3 Å². The van der Waals surface area contributed by atoms with Crippen LogP contribution in [0.25, 0.3) is 22.3 Å². The molecule has 0 unspecified atom stereocenters. The number of aromatic nitrogens is 4. The van der Waals surface area contributed by atoms with Gasteiger partial charge in [0.05, 0.1) is 17.6 Å². The molecule has 2 aliphatic heterocycles. The van der Waals surface area contributed by atoms with Crippen LogP contribution in [-0.4, -0.2) is 88.2 Å².